The van der Waals surface area contributed by atoms with Crippen LogP contribution >= 0.6 is 0 Å². The van der Waals surface area contributed by atoms with Crippen molar-refractivity contribution in [2.45, 2.75) is 37.6 Å². The highest BCUT2D eigenvalue weighted by Gasteiger charge is 2.49. The van der Waals surface area contributed by atoms with Gasteiger partial charge in [-0.15, -0.1) is 0 Å². The molecule has 3 N–H and O–H groups in total. The summed E-state index contributed by atoms with van der Waals surface area (Å²) in [5, 5.41) is 5.95. The van der Waals surface area contributed by atoms with Crippen LogP contribution in [0.1, 0.15) is 40.0 Å². The Morgan fingerprint density at radius 1 is 1.24 bits per heavy atom. The zero-order chi connectivity index (χ0) is 22.7. The number of aryl methyl sites for hydroxylation is 1. The number of nitrogens with one attached hydrogen (secondary N) is 3. The summed E-state index contributed by atoms with van der Waals surface area (Å²) in [6.07, 6.45) is 9.36. The van der Waals surface area contributed by atoms with E-state index in [0.717, 1.165) is 77.0 Å². The summed E-state index contributed by atoms with van der Waals surface area (Å²) in [5.41, 5.74) is 8.06. The van der Waals surface area contributed by atoms with Crippen LogP contribution < -0.4 is 15.4 Å². The van der Waals surface area contributed by atoms with Gasteiger partial charge in [0.25, 0.3) is 5.91 Å². The van der Waals surface area contributed by atoms with Crippen LogP contribution in [0, 0.1) is 0 Å². The SMILES string of the molecule is C=CC(=O)Nc1cc(-c2cc3c(cn2)CCc2c-3[nH]c3c2C(=O)NC2(CC2)C3)cnc1OC. The Kier molecular flexibility index (Phi) is 4.20. The molecule has 166 valence electrons. The molecule has 0 saturated heterocycles. The standard InChI is InChI=1S/C25H23N5O3/c1-3-20(31)28-18-8-14(12-27-24(18)33-2)17-9-16-13(11-26-17)4-5-15-21-19(29-22(15)16)10-25(6-7-25)30-23(21)32/h3,8-9,11-12,29H,1,4-7,10H2,2H3,(H,28,31)(H,30,32). The molecule has 1 spiro atoms. The van der Waals surface area contributed by atoms with E-state index < -0.39 is 0 Å². The number of amides is 2. The first-order chi connectivity index (χ1) is 16.0. The van der Waals surface area contributed by atoms with Crippen LogP contribution in [0.15, 0.2) is 37.2 Å². The maximum Gasteiger partial charge on any atom is 0.253 e. The number of hydrogen-bond donors (Lipinski definition) is 3. The molecule has 8 heteroatoms. The number of aromatic amines is 1. The Labute approximate surface area is 190 Å². The molecule has 2 amide bonds. The van der Waals surface area contributed by atoms with Gasteiger partial charge in [0.15, 0.2) is 0 Å². The molecule has 1 fully saturated rings. The smallest absolute Gasteiger partial charge is 0.253 e. The van der Waals surface area contributed by atoms with Crippen molar-refractivity contribution in [1.82, 2.24) is 20.3 Å². The van der Waals surface area contributed by atoms with Crippen molar-refractivity contribution in [2.24, 2.45) is 0 Å². The minimum Gasteiger partial charge on any atom is -0.480 e. The van der Waals surface area contributed by atoms with Crippen molar-refractivity contribution in [2.75, 3.05) is 12.4 Å². The van der Waals surface area contributed by atoms with Crippen molar-refractivity contribution in [3.63, 3.8) is 0 Å². The molecule has 6 rings (SSSR count). The average Bonchev–Trinajstić information content (AvgIpc) is 3.44. The van der Waals surface area contributed by atoms with E-state index in [1.54, 1.807) is 12.3 Å². The van der Waals surface area contributed by atoms with E-state index in [1.165, 1.54) is 13.2 Å². The first-order valence-electron chi connectivity index (χ1n) is 11.0. The van der Waals surface area contributed by atoms with Gasteiger partial charge in [-0.05, 0) is 55.0 Å². The average molecular weight is 441 g/mol. The first kappa shape index (κ1) is 19.7. The number of carbonyl (C=O) groups is 2. The number of ether oxygens (including phenoxy) is 1. The largest absolute Gasteiger partial charge is 0.480 e. The Morgan fingerprint density at radius 2 is 2.09 bits per heavy atom. The molecule has 0 aromatic carbocycles. The summed E-state index contributed by atoms with van der Waals surface area (Å²) in [6, 6.07) is 3.82. The lowest BCUT2D eigenvalue weighted by Crippen LogP contribution is -2.43. The molecule has 8 nitrogen and oxygen atoms in total. The van der Waals surface area contributed by atoms with Crippen LogP contribution in [-0.4, -0.2) is 39.4 Å². The summed E-state index contributed by atoms with van der Waals surface area (Å²) in [7, 11) is 1.50. The molecule has 3 aromatic heterocycles. The van der Waals surface area contributed by atoms with E-state index in [0.29, 0.717) is 11.6 Å². The highest BCUT2D eigenvalue weighted by atomic mass is 16.5. The number of rotatable bonds is 4. The van der Waals surface area contributed by atoms with E-state index in [1.807, 2.05) is 12.3 Å². The highest BCUT2D eigenvalue weighted by molar-refractivity contribution is 6.02. The number of carbonyl (C=O) groups excluding carboxylic acids is 2. The van der Waals surface area contributed by atoms with Crippen LogP contribution in [-0.2, 0) is 24.1 Å². The lowest BCUT2D eigenvalue weighted by Gasteiger charge is -2.24. The van der Waals surface area contributed by atoms with Crippen LogP contribution in [0.3, 0.4) is 0 Å². The lowest BCUT2D eigenvalue weighted by atomic mass is 9.87. The van der Waals surface area contributed by atoms with E-state index in [-0.39, 0.29) is 17.4 Å². The molecule has 0 atom stereocenters. The molecule has 0 unspecified atom stereocenters. The fourth-order valence-electron chi connectivity index (χ4n) is 4.98. The minimum atomic E-state index is -0.348. The number of hydrogen-bond acceptors (Lipinski definition) is 5. The molecule has 0 bridgehead atoms. The van der Waals surface area contributed by atoms with Crippen molar-refractivity contribution in [3.8, 4) is 28.4 Å². The highest BCUT2D eigenvalue weighted by Crippen LogP contribution is 2.45. The molecular weight excluding hydrogens is 418 g/mol. The topological polar surface area (TPSA) is 109 Å². The van der Waals surface area contributed by atoms with E-state index in [4.69, 9.17) is 4.74 Å². The van der Waals surface area contributed by atoms with Crippen molar-refractivity contribution in [1.29, 1.82) is 0 Å². The molecule has 2 aliphatic carbocycles. The second kappa shape index (κ2) is 7.03. The van der Waals surface area contributed by atoms with Crippen LogP contribution in [0.4, 0.5) is 5.69 Å². The van der Waals surface area contributed by atoms with Gasteiger partial charge in [0.05, 0.1) is 24.1 Å². The minimum absolute atomic E-state index is 0.0369. The summed E-state index contributed by atoms with van der Waals surface area (Å²) in [6.45, 7) is 3.49. The summed E-state index contributed by atoms with van der Waals surface area (Å²) < 4.78 is 5.27. The van der Waals surface area contributed by atoms with Gasteiger partial charge >= 0.3 is 0 Å². The van der Waals surface area contributed by atoms with Gasteiger partial charge in [-0.25, -0.2) is 4.98 Å². The van der Waals surface area contributed by atoms with Gasteiger partial charge in [-0.2, -0.15) is 0 Å². The third kappa shape index (κ3) is 3.13. The van der Waals surface area contributed by atoms with Crippen molar-refractivity contribution in [3.05, 3.63) is 59.6 Å². The molecule has 3 aromatic rings. The fourth-order valence-corrected chi connectivity index (χ4v) is 4.98. The third-order valence-corrected chi connectivity index (χ3v) is 6.84. The number of fused-ring (bicyclic) bond motifs is 5. The van der Waals surface area contributed by atoms with E-state index in [2.05, 4.69) is 32.2 Å². The predicted molar refractivity (Wildman–Crippen MR) is 123 cm³/mol. The quantitative estimate of drug-likeness (QED) is 0.539. The zero-order valence-electron chi connectivity index (χ0n) is 18.2. The zero-order valence-corrected chi connectivity index (χ0v) is 18.2. The van der Waals surface area contributed by atoms with Gasteiger partial charge in [-0.1, -0.05) is 6.58 Å². The van der Waals surface area contributed by atoms with Crippen molar-refractivity contribution >= 4 is 17.5 Å². The second-order valence-corrected chi connectivity index (χ2v) is 8.94. The Hall–Kier alpha value is -3.94. The van der Waals surface area contributed by atoms with Crippen LogP contribution in [0.5, 0.6) is 5.88 Å². The number of H-pyrrole nitrogens is 1. The third-order valence-electron chi connectivity index (χ3n) is 6.84. The number of pyridine rings is 2. The monoisotopic (exact) mass is 441 g/mol. The van der Waals surface area contributed by atoms with E-state index >= 15 is 0 Å². The van der Waals surface area contributed by atoms with E-state index in [9.17, 15) is 9.59 Å². The Bertz CT molecular complexity index is 1350. The number of anilines is 1. The molecule has 1 aliphatic heterocycles. The predicted octanol–water partition coefficient (Wildman–Crippen LogP) is 3.19. The first-order valence-corrected chi connectivity index (χ1v) is 11.0. The van der Waals surface area contributed by atoms with Crippen LogP contribution in [0.2, 0.25) is 0 Å². The fraction of sp³-hybridized carbons (Fsp3) is 0.280. The number of nitrogens with zero attached hydrogens (tertiary/aromatic N) is 2. The normalized spacial score (nSPS) is 16.8. The summed E-state index contributed by atoms with van der Waals surface area (Å²) >= 11 is 0. The molecule has 3 aliphatic rings. The maximum atomic E-state index is 12.9. The van der Waals surface area contributed by atoms with Crippen LogP contribution in [0.25, 0.3) is 22.5 Å². The Morgan fingerprint density at radius 3 is 2.85 bits per heavy atom. The molecule has 0 radical (unpaired) electrons. The summed E-state index contributed by atoms with van der Waals surface area (Å²) in [5.74, 6) is 0.0103. The van der Waals surface area contributed by atoms with Gasteiger partial charge in [-0.3, -0.25) is 14.6 Å². The molecule has 4 heterocycles. The van der Waals surface area contributed by atoms with Crippen molar-refractivity contribution < 1.29 is 14.3 Å². The number of methoxy groups -OCH3 is 1. The lowest BCUT2D eigenvalue weighted by molar-refractivity contribution is -0.111. The maximum absolute atomic E-state index is 12.9. The molecule has 33 heavy (non-hydrogen) atoms. The second-order valence-electron chi connectivity index (χ2n) is 8.94. The summed E-state index contributed by atoms with van der Waals surface area (Å²) in [4.78, 5) is 37.3. The molecule has 1 saturated carbocycles. The Balaban J connectivity index is 1.42. The number of aromatic nitrogens is 3. The molecular formula is C25H23N5O3. The van der Waals surface area contributed by atoms with Gasteiger partial charge in [0.1, 0.15) is 5.69 Å². The van der Waals surface area contributed by atoms with Gasteiger partial charge in [0.2, 0.25) is 11.8 Å². The van der Waals surface area contributed by atoms with Gasteiger partial charge < -0.3 is 20.4 Å². The van der Waals surface area contributed by atoms with Gasteiger partial charge in [0, 0.05) is 41.2 Å².